The zero-order valence-corrected chi connectivity index (χ0v) is 23.4. The third kappa shape index (κ3) is 7.42. The van der Waals surface area contributed by atoms with E-state index in [2.05, 4.69) is 10.5 Å². The van der Waals surface area contributed by atoms with Crippen molar-refractivity contribution >= 4 is 29.4 Å². The Balaban J connectivity index is 1.42. The van der Waals surface area contributed by atoms with E-state index in [9.17, 15) is 9.59 Å². The molecule has 1 amide bonds. The van der Waals surface area contributed by atoms with Gasteiger partial charge in [0.2, 0.25) is 0 Å². The van der Waals surface area contributed by atoms with Crippen molar-refractivity contribution in [1.82, 2.24) is 5.16 Å². The molecule has 8 nitrogen and oxygen atoms in total. The number of anilines is 1. The number of carbonyl (C=O) groups excluding carboxylic acids is 2. The molecule has 0 atom stereocenters. The minimum absolute atomic E-state index is 0.175. The summed E-state index contributed by atoms with van der Waals surface area (Å²) < 4.78 is 21.5. The molecule has 40 heavy (non-hydrogen) atoms. The number of aryl methyl sites for hydroxylation is 1. The fourth-order valence-electron chi connectivity index (χ4n) is 4.26. The summed E-state index contributed by atoms with van der Waals surface area (Å²) in [5, 5.41) is 7.42. The molecule has 4 aromatic rings. The van der Waals surface area contributed by atoms with Crippen LogP contribution in [-0.4, -0.2) is 37.5 Å². The van der Waals surface area contributed by atoms with Gasteiger partial charge < -0.3 is 18.7 Å². The molecule has 1 aromatic heterocycles. The molecule has 0 radical (unpaired) electrons. The Kier molecular flexibility index (Phi) is 9.81. The Hall–Kier alpha value is -4.30. The number of nitrogens with zero attached hydrogens (tertiary/aromatic N) is 1. The molecular formula is C31H31ClN2O6. The highest BCUT2D eigenvalue weighted by Crippen LogP contribution is 2.32. The smallest absolute Gasteiger partial charge is 0.411 e. The number of nitrogens with one attached hydrogen (secondary N) is 1. The van der Waals surface area contributed by atoms with Gasteiger partial charge in [0, 0.05) is 23.4 Å². The van der Waals surface area contributed by atoms with E-state index in [0.29, 0.717) is 41.6 Å². The topological polar surface area (TPSA) is 99.9 Å². The summed E-state index contributed by atoms with van der Waals surface area (Å²) in [6.07, 6.45) is 0.692. The quantitative estimate of drug-likeness (QED) is 0.201. The normalized spacial score (nSPS) is 10.7. The van der Waals surface area contributed by atoms with Crippen molar-refractivity contribution in [1.29, 1.82) is 0 Å². The fraction of sp³-hybridized carbons (Fsp3) is 0.258. The number of benzene rings is 3. The summed E-state index contributed by atoms with van der Waals surface area (Å²) in [6.45, 7) is 4.06. The van der Waals surface area contributed by atoms with Crippen LogP contribution in [0, 0.1) is 6.92 Å². The molecule has 1 heterocycles. The molecule has 3 aromatic carbocycles. The molecule has 0 saturated heterocycles. The predicted octanol–water partition coefficient (Wildman–Crippen LogP) is 6.80. The molecule has 9 heteroatoms. The molecule has 0 unspecified atom stereocenters. The molecule has 0 aliphatic heterocycles. The lowest BCUT2D eigenvalue weighted by Gasteiger charge is -2.12. The van der Waals surface area contributed by atoms with E-state index in [0.717, 1.165) is 33.6 Å². The Morgan fingerprint density at radius 3 is 2.45 bits per heavy atom. The van der Waals surface area contributed by atoms with Crippen molar-refractivity contribution in [2.75, 3.05) is 25.6 Å². The van der Waals surface area contributed by atoms with Crippen LogP contribution in [0.15, 0.2) is 71.3 Å². The van der Waals surface area contributed by atoms with Crippen molar-refractivity contribution < 1.29 is 28.3 Å². The molecule has 0 aliphatic carbocycles. The van der Waals surface area contributed by atoms with Crippen LogP contribution < -0.4 is 10.1 Å². The van der Waals surface area contributed by atoms with E-state index in [1.165, 1.54) is 0 Å². The average Bonchev–Trinajstić information content (AvgIpc) is 3.30. The molecule has 1 N–H and O–H groups in total. The van der Waals surface area contributed by atoms with E-state index < -0.39 is 6.09 Å². The van der Waals surface area contributed by atoms with Gasteiger partial charge in [0.1, 0.15) is 17.1 Å². The predicted molar refractivity (Wildman–Crippen MR) is 153 cm³/mol. The van der Waals surface area contributed by atoms with Crippen LogP contribution in [0.25, 0.3) is 11.3 Å². The summed E-state index contributed by atoms with van der Waals surface area (Å²) >= 11 is 6.17. The second-order valence-corrected chi connectivity index (χ2v) is 9.48. The molecule has 0 saturated carbocycles. The Bertz CT molecular complexity index is 1470. The van der Waals surface area contributed by atoms with Gasteiger partial charge in [-0.05, 0) is 48.2 Å². The van der Waals surface area contributed by atoms with Crippen LogP contribution in [0.3, 0.4) is 0 Å². The van der Waals surface area contributed by atoms with Gasteiger partial charge in [-0.25, -0.2) is 4.79 Å². The number of carbonyl (C=O) groups is 2. The van der Waals surface area contributed by atoms with Crippen molar-refractivity contribution in [2.45, 2.75) is 33.1 Å². The summed E-state index contributed by atoms with van der Waals surface area (Å²) in [4.78, 5) is 24.4. The fourth-order valence-corrected chi connectivity index (χ4v) is 4.49. The van der Waals surface area contributed by atoms with Crippen molar-refractivity contribution in [2.24, 2.45) is 0 Å². The zero-order valence-electron chi connectivity index (χ0n) is 22.7. The van der Waals surface area contributed by atoms with Gasteiger partial charge in [0.05, 0.1) is 26.7 Å². The summed E-state index contributed by atoms with van der Waals surface area (Å²) in [6, 6.07) is 20.9. The molecular weight excluding hydrogens is 532 g/mol. The third-order valence-electron chi connectivity index (χ3n) is 6.26. The number of hydrogen-bond acceptors (Lipinski definition) is 7. The van der Waals surface area contributed by atoms with E-state index in [1.807, 2.05) is 60.7 Å². The standard InChI is InChI=1S/C31H31ClN2O6/c1-4-38-28(35)19-22-11-14-27(37-3)25(18-22)17-21-9-12-24(13-10-21)30-29(20(2)34-40-30)33-31(36)39-16-15-23-7-5-6-8-26(23)32/h5-14,18H,4,15-17,19H2,1-3H3,(H,33,36). The summed E-state index contributed by atoms with van der Waals surface area (Å²) in [5.41, 5.74) is 5.47. The molecule has 0 bridgehead atoms. The minimum atomic E-state index is -0.606. The highest BCUT2D eigenvalue weighted by molar-refractivity contribution is 6.31. The number of methoxy groups -OCH3 is 1. The van der Waals surface area contributed by atoms with Crippen LogP contribution in [0.4, 0.5) is 10.5 Å². The number of rotatable bonds is 11. The molecule has 0 fully saturated rings. The third-order valence-corrected chi connectivity index (χ3v) is 6.63. The molecule has 0 spiro atoms. The van der Waals surface area contributed by atoms with E-state index in [1.54, 1.807) is 27.0 Å². The van der Waals surface area contributed by atoms with Crippen LogP contribution in [0.5, 0.6) is 5.75 Å². The minimum Gasteiger partial charge on any atom is -0.496 e. The maximum Gasteiger partial charge on any atom is 0.411 e. The Morgan fingerprint density at radius 1 is 0.975 bits per heavy atom. The van der Waals surface area contributed by atoms with E-state index in [4.69, 9.17) is 30.3 Å². The number of esters is 1. The molecule has 208 valence electrons. The first-order chi connectivity index (χ1) is 19.4. The SMILES string of the molecule is CCOC(=O)Cc1ccc(OC)c(Cc2ccc(-c3onc(C)c3NC(=O)OCCc3ccccc3Cl)cc2)c1. The highest BCUT2D eigenvalue weighted by atomic mass is 35.5. The van der Waals surface area contributed by atoms with Gasteiger partial charge in [-0.15, -0.1) is 0 Å². The lowest BCUT2D eigenvalue weighted by molar-refractivity contribution is -0.142. The van der Waals surface area contributed by atoms with Crippen molar-refractivity contribution in [3.63, 3.8) is 0 Å². The zero-order chi connectivity index (χ0) is 28.5. The first-order valence-electron chi connectivity index (χ1n) is 12.9. The van der Waals surface area contributed by atoms with Crippen LogP contribution in [-0.2, 0) is 33.5 Å². The first-order valence-corrected chi connectivity index (χ1v) is 13.3. The summed E-state index contributed by atoms with van der Waals surface area (Å²) in [7, 11) is 1.62. The van der Waals surface area contributed by atoms with Gasteiger partial charge in [-0.3, -0.25) is 10.1 Å². The van der Waals surface area contributed by atoms with Gasteiger partial charge in [-0.1, -0.05) is 71.4 Å². The monoisotopic (exact) mass is 562 g/mol. The van der Waals surface area contributed by atoms with Gasteiger partial charge >= 0.3 is 12.1 Å². The van der Waals surface area contributed by atoms with E-state index in [-0.39, 0.29) is 19.0 Å². The van der Waals surface area contributed by atoms with Crippen molar-refractivity contribution in [3.8, 4) is 17.1 Å². The maximum absolute atomic E-state index is 12.5. The van der Waals surface area contributed by atoms with E-state index >= 15 is 0 Å². The largest absolute Gasteiger partial charge is 0.496 e. The molecule has 0 aliphatic rings. The molecule has 4 rings (SSSR count). The highest BCUT2D eigenvalue weighted by Gasteiger charge is 2.18. The van der Waals surface area contributed by atoms with Gasteiger partial charge in [0.15, 0.2) is 5.76 Å². The lowest BCUT2D eigenvalue weighted by Crippen LogP contribution is -2.16. The average molecular weight is 563 g/mol. The first kappa shape index (κ1) is 28.7. The van der Waals surface area contributed by atoms with Crippen LogP contribution in [0.1, 0.15) is 34.9 Å². The van der Waals surface area contributed by atoms with Crippen LogP contribution in [0.2, 0.25) is 5.02 Å². The number of halogens is 1. The summed E-state index contributed by atoms with van der Waals surface area (Å²) in [5.74, 6) is 0.905. The number of hydrogen-bond donors (Lipinski definition) is 1. The Labute approximate surface area is 238 Å². The second kappa shape index (κ2) is 13.7. The lowest BCUT2D eigenvalue weighted by atomic mass is 9.99. The second-order valence-electron chi connectivity index (χ2n) is 9.08. The van der Waals surface area contributed by atoms with Crippen LogP contribution >= 0.6 is 11.6 Å². The number of amides is 1. The maximum atomic E-state index is 12.5. The number of aromatic nitrogens is 1. The Morgan fingerprint density at radius 2 is 1.73 bits per heavy atom. The number of ether oxygens (including phenoxy) is 3. The van der Waals surface area contributed by atoms with Crippen molar-refractivity contribution in [3.05, 3.63) is 99.7 Å². The van der Waals surface area contributed by atoms with Gasteiger partial charge in [-0.2, -0.15) is 0 Å². The van der Waals surface area contributed by atoms with Gasteiger partial charge in [0.25, 0.3) is 0 Å².